The van der Waals surface area contributed by atoms with E-state index in [0.29, 0.717) is 38.6 Å². The lowest BCUT2D eigenvalue weighted by molar-refractivity contribution is -0.895. The monoisotopic (exact) mass is 430 g/mol. The molecular weight excluding hydrogens is 398 g/mol. The molecule has 1 aliphatic rings. The van der Waals surface area contributed by atoms with Crippen molar-refractivity contribution in [3.8, 4) is 0 Å². The third kappa shape index (κ3) is 6.14. The van der Waals surface area contributed by atoms with Gasteiger partial charge in [-0.05, 0) is 35.6 Å². The zero-order valence-corrected chi connectivity index (χ0v) is 18.6. The van der Waals surface area contributed by atoms with Crippen LogP contribution in [0.1, 0.15) is 37.3 Å². The van der Waals surface area contributed by atoms with Crippen molar-refractivity contribution < 1.29 is 18.1 Å². The Morgan fingerprint density at radius 2 is 1.70 bits per heavy atom. The molecule has 1 heterocycles. The normalized spacial score (nSPS) is 16.9. The molecule has 1 saturated heterocycles. The Balaban J connectivity index is 1.46. The molecule has 0 bridgehead atoms. The largest absolute Gasteiger partial charge is 0.325 e. The van der Waals surface area contributed by atoms with Crippen molar-refractivity contribution >= 4 is 21.6 Å². The van der Waals surface area contributed by atoms with E-state index in [0.717, 1.165) is 22.6 Å². The third-order valence-electron chi connectivity index (χ3n) is 5.80. The Hall–Kier alpha value is -2.22. The highest BCUT2D eigenvalue weighted by Crippen LogP contribution is 2.20. The van der Waals surface area contributed by atoms with Gasteiger partial charge in [0.2, 0.25) is 10.0 Å². The van der Waals surface area contributed by atoms with Crippen molar-refractivity contribution in [1.82, 2.24) is 4.31 Å². The smallest absolute Gasteiger partial charge is 0.279 e. The van der Waals surface area contributed by atoms with Crippen LogP contribution in [0.25, 0.3) is 0 Å². The van der Waals surface area contributed by atoms with Crippen LogP contribution in [-0.4, -0.2) is 51.4 Å². The fourth-order valence-electron chi connectivity index (χ4n) is 3.70. The van der Waals surface area contributed by atoms with Crippen LogP contribution in [0.3, 0.4) is 0 Å². The number of nitrogens with zero attached hydrogens (tertiary/aromatic N) is 1. The molecule has 7 heteroatoms. The summed E-state index contributed by atoms with van der Waals surface area (Å²) in [6.45, 7) is 6.86. The summed E-state index contributed by atoms with van der Waals surface area (Å²) >= 11 is 0. The topological polar surface area (TPSA) is 70.9 Å². The summed E-state index contributed by atoms with van der Waals surface area (Å²) in [4.78, 5) is 13.5. The molecule has 30 heavy (non-hydrogen) atoms. The summed E-state index contributed by atoms with van der Waals surface area (Å²) in [5.41, 5.74) is 2.87. The highest BCUT2D eigenvalue weighted by atomic mass is 32.2. The number of benzene rings is 2. The van der Waals surface area contributed by atoms with Crippen LogP contribution in [0.15, 0.2) is 54.6 Å². The average Bonchev–Trinajstić information content (AvgIpc) is 2.74. The highest BCUT2D eigenvalue weighted by molar-refractivity contribution is 7.88. The first-order chi connectivity index (χ1) is 14.4. The van der Waals surface area contributed by atoms with Crippen LogP contribution >= 0.6 is 0 Å². The summed E-state index contributed by atoms with van der Waals surface area (Å²) in [5.74, 6) is 0.492. The Morgan fingerprint density at radius 1 is 1.07 bits per heavy atom. The number of carbonyl (C=O) groups excluding carboxylic acids is 1. The van der Waals surface area contributed by atoms with Gasteiger partial charge in [-0.25, -0.2) is 8.42 Å². The maximum atomic E-state index is 12.7. The van der Waals surface area contributed by atoms with Crippen LogP contribution in [0.2, 0.25) is 0 Å². The van der Waals surface area contributed by atoms with Gasteiger partial charge in [-0.1, -0.05) is 56.3 Å². The highest BCUT2D eigenvalue weighted by Gasteiger charge is 2.30. The summed E-state index contributed by atoms with van der Waals surface area (Å²) in [6.07, 6.45) is 1.09. The first kappa shape index (κ1) is 22.5. The van der Waals surface area contributed by atoms with Gasteiger partial charge in [-0.2, -0.15) is 4.31 Å². The lowest BCUT2D eigenvalue weighted by atomic mass is 9.99. The molecule has 0 unspecified atom stereocenters. The van der Waals surface area contributed by atoms with Gasteiger partial charge in [-0.15, -0.1) is 0 Å². The number of nitrogens with one attached hydrogen (secondary N) is 2. The minimum absolute atomic E-state index is 0.0241. The van der Waals surface area contributed by atoms with E-state index in [4.69, 9.17) is 0 Å². The van der Waals surface area contributed by atoms with Crippen LogP contribution in [0.4, 0.5) is 5.69 Å². The molecule has 0 aliphatic carbocycles. The number of piperazine rings is 1. The molecule has 2 N–H and O–H groups in total. The van der Waals surface area contributed by atoms with Crippen LogP contribution < -0.4 is 10.2 Å². The van der Waals surface area contributed by atoms with Crippen LogP contribution in [-0.2, 0) is 20.6 Å². The molecule has 2 aromatic carbocycles. The van der Waals surface area contributed by atoms with Gasteiger partial charge in [0.1, 0.15) is 0 Å². The second kappa shape index (κ2) is 10.2. The zero-order chi connectivity index (χ0) is 21.6. The lowest BCUT2D eigenvalue weighted by Crippen LogP contribution is -3.15. The number of amides is 1. The number of anilines is 1. The summed E-state index contributed by atoms with van der Waals surface area (Å²) < 4.78 is 26.9. The van der Waals surface area contributed by atoms with E-state index in [2.05, 4.69) is 31.3 Å². The van der Waals surface area contributed by atoms with E-state index in [9.17, 15) is 13.2 Å². The molecule has 0 radical (unpaired) electrons. The predicted octanol–water partition coefficient (Wildman–Crippen LogP) is 1.87. The lowest BCUT2D eigenvalue weighted by Gasteiger charge is -2.31. The Labute approximate surface area is 179 Å². The van der Waals surface area contributed by atoms with Crippen LogP contribution in [0, 0.1) is 0 Å². The van der Waals surface area contributed by atoms with E-state index >= 15 is 0 Å². The predicted molar refractivity (Wildman–Crippen MR) is 120 cm³/mol. The first-order valence-corrected chi connectivity index (χ1v) is 12.2. The first-order valence-electron chi connectivity index (χ1n) is 10.6. The second-order valence-corrected chi connectivity index (χ2v) is 10.0. The van der Waals surface area contributed by atoms with Crippen molar-refractivity contribution in [2.75, 3.05) is 38.0 Å². The Bertz CT molecular complexity index is 922. The molecule has 162 valence electrons. The Morgan fingerprint density at radius 3 is 2.30 bits per heavy atom. The summed E-state index contributed by atoms with van der Waals surface area (Å²) in [7, 11) is -3.33. The molecule has 1 fully saturated rings. The standard InChI is InChI=1S/C23H31N3O3S/c1-3-19(2)21-9-11-22(12-10-21)24-23(27)17-25-13-15-26(16-14-25)30(28,29)18-20-7-5-4-6-8-20/h4-12,19H,3,13-18H2,1-2H3,(H,24,27)/p+1/t19-/m1/s1. The SMILES string of the molecule is CC[C@@H](C)c1ccc(NC(=O)C[NH+]2CCN(S(=O)(=O)Cc3ccccc3)CC2)cc1. The molecule has 0 saturated carbocycles. The van der Waals surface area contributed by atoms with Crippen molar-refractivity contribution in [1.29, 1.82) is 0 Å². The fourth-order valence-corrected chi connectivity index (χ4v) is 5.23. The number of sulfonamides is 1. The van der Waals surface area contributed by atoms with Crippen molar-refractivity contribution in [3.63, 3.8) is 0 Å². The summed E-state index contributed by atoms with van der Waals surface area (Å²) in [5, 5.41) is 2.96. The molecule has 3 rings (SSSR count). The summed E-state index contributed by atoms with van der Waals surface area (Å²) in [6, 6.07) is 17.3. The number of hydrogen-bond donors (Lipinski definition) is 2. The Kier molecular flexibility index (Phi) is 7.64. The number of rotatable bonds is 8. The van der Waals surface area contributed by atoms with Crippen molar-refractivity contribution in [3.05, 3.63) is 65.7 Å². The zero-order valence-electron chi connectivity index (χ0n) is 17.8. The average molecular weight is 431 g/mol. The molecule has 6 nitrogen and oxygen atoms in total. The third-order valence-corrected chi connectivity index (χ3v) is 7.65. The molecular formula is C23H32N3O3S+. The van der Waals surface area contributed by atoms with E-state index in [1.807, 2.05) is 42.5 Å². The second-order valence-electron chi connectivity index (χ2n) is 8.05. The van der Waals surface area contributed by atoms with E-state index < -0.39 is 10.0 Å². The van der Waals surface area contributed by atoms with Gasteiger partial charge >= 0.3 is 0 Å². The molecule has 2 aromatic rings. The molecule has 1 atom stereocenters. The van der Waals surface area contributed by atoms with Gasteiger partial charge < -0.3 is 10.2 Å². The molecule has 0 spiro atoms. The molecule has 1 amide bonds. The van der Waals surface area contributed by atoms with Gasteiger partial charge in [0.15, 0.2) is 6.54 Å². The maximum absolute atomic E-state index is 12.7. The minimum atomic E-state index is -3.33. The van der Waals surface area contributed by atoms with Gasteiger partial charge in [0.05, 0.1) is 31.9 Å². The number of hydrogen-bond acceptors (Lipinski definition) is 3. The van der Waals surface area contributed by atoms with Crippen molar-refractivity contribution in [2.24, 2.45) is 0 Å². The molecule has 1 aliphatic heterocycles. The van der Waals surface area contributed by atoms with E-state index in [1.54, 1.807) is 4.31 Å². The van der Waals surface area contributed by atoms with E-state index in [1.165, 1.54) is 5.56 Å². The number of quaternary nitrogens is 1. The van der Waals surface area contributed by atoms with Gasteiger partial charge in [0.25, 0.3) is 5.91 Å². The number of carbonyl (C=O) groups is 1. The van der Waals surface area contributed by atoms with Gasteiger partial charge in [-0.3, -0.25) is 4.79 Å². The van der Waals surface area contributed by atoms with Gasteiger partial charge in [0, 0.05) is 5.69 Å². The van der Waals surface area contributed by atoms with Crippen molar-refractivity contribution in [2.45, 2.75) is 31.9 Å². The fraction of sp³-hybridized carbons (Fsp3) is 0.435. The minimum Gasteiger partial charge on any atom is -0.325 e. The maximum Gasteiger partial charge on any atom is 0.279 e. The molecule has 0 aromatic heterocycles. The van der Waals surface area contributed by atoms with E-state index in [-0.39, 0.29) is 11.7 Å². The quantitative estimate of drug-likeness (QED) is 0.672. The van der Waals surface area contributed by atoms with Crippen LogP contribution in [0.5, 0.6) is 0 Å².